The Morgan fingerprint density at radius 2 is 1.15 bits per heavy atom. The Balaban J connectivity index is 3.56. The molecular weight excluding hydrogens is 582 g/mol. The molecule has 18 heteroatoms. The summed E-state index contributed by atoms with van der Waals surface area (Å²) in [6, 6.07) is 2.80. The van der Waals surface area contributed by atoms with E-state index in [0.29, 0.717) is 12.1 Å². The molecule has 2 rings (SSSR count). The molecule has 0 saturated heterocycles. The third-order valence-corrected chi connectivity index (χ3v) is 5.90. The van der Waals surface area contributed by atoms with Gasteiger partial charge in [0.05, 0.1) is 39.1 Å². The van der Waals surface area contributed by atoms with Crippen LogP contribution in [0.25, 0.3) is 11.1 Å². The zero-order valence-electron chi connectivity index (χ0n) is 17.9. The van der Waals surface area contributed by atoms with Gasteiger partial charge in [-0.2, -0.15) is 52.7 Å². The van der Waals surface area contributed by atoms with E-state index >= 15 is 4.39 Å². The Labute approximate surface area is 208 Å². The second-order valence-electron chi connectivity index (χ2n) is 7.21. The van der Waals surface area contributed by atoms with Crippen molar-refractivity contribution in [2.45, 2.75) is 17.2 Å². The molecule has 0 aliphatic carbocycles. The van der Waals surface area contributed by atoms with Crippen molar-refractivity contribution in [2.75, 3.05) is 0 Å². The zero-order chi connectivity index (χ0) is 30.4. The van der Waals surface area contributed by atoms with Crippen molar-refractivity contribution in [3.8, 4) is 30.3 Å². The maximum Gasteiger partial charge on any atom is 0.417 e. The normalized spacial score (nSPS) is 14.3. The van der Waals surface area contributed by atoms with Gasteiger partial charge in [-0.1, -0.05) is 19.4 Å². The molecule has 0 unspecified atom stereocenters. The van der Waals surface area contributed by atoms with Gasteiger partial charge in [0.15, 0.2) is 10.7 Å². The van der Waals surface area contributed by atoms with E-state index in [-0.39, 0.29) is 6.07 Å². The van der Waals surface area contributed by atoms with Gasteiger partial charge in [0.25, 0.3) is 0 Å². The number of alkyl halides is 6. The molecule has 0 saturated carbocycles. The Kier molecular flexibility index (Phi) is 6.69. The highest BCUT2D eigenvalue weighted by Crippen LogP contribution is 3.01. The van der Waals surface area contributed by atoms with Crippen molar-refractivity contribution in [2.24, 2.45) is 0 Å². The molecule has 0 aliphatic rings. The van der Waals surface area contributed by atoms with Crippen LogP contribution in [0.2, 0.25) is 0 Å². The topological polar surface area (TPSA) is 119 Å². The summed E-state index contributed by atoms with van der Waals surface area (Å²) in [6.07, 6.45) is -11.6. The Morgan fingerprint density at radius 3 is 1.46 bits per heavy atom. The molecule has 5 nitrogen and oxygen atoms in total. The summed E-state index contributed by atoms with van der Waals surface area (Å²) in [7, 11) is -11.4. The molecule has 0 aromatic heterocycles. The van der Waals surface area contributed by atoms with Crippen LogP contribution < -0.4 is 10.4 Å². The Bertz CT molecular complexity index is 1720. The molecule has 0 atom stereocenters. The van der Waals surface area contributed by atoms with Crippen LogP contribution in [0, 0.1) is 62.5 Å². The van der Waals surface area contributed by atoms with E-state index in [1.807, 2.05) is 0 Å². The molecule has 39 heavy (non-hydrogen) atoms. The van der Waals surface area contributed by atoms with Gasteiger partial charge in [-0.05, 0) is 23.8 Å². The van der Waals surface area contributed by atoms with E-state index in [2.05, 4.69) is 0 Å². The van der Waals surface area contributed by atoms with Crippen LogP contribution in [-0.2, 0) is 12.4 Å². The van der Waals surface area contributed by atoms with Gasteiger partial charge in [-0.15, -0.1) is 0 Å². The minimum Gasteiger partial charge on any atom is -0.205 e. The fraction of sp³-hybridized carbons (Fsp3) is 0.0952. The third-order valence-electron chi connectivity index (χ3n) is 4.73. The molecule has 0 spiro atoms. The predicted octanol–water partition coefficient (Wildman–Crippen LogP) is 6.18. The lowest BCUT2D eigenvalue weighted by Gasteiger charge is -2.41. The molecule has 0 aliphatic heterocycles. The average Bonchev–Trinajstić information content (AvgIpc) is 2.77. The van der Waals surface area contributed by atoms with E-state index in [0.717, 1.165) is 18.2 Å². The van der Waals surface area contributed by atoms with Crippen molar-refractivity contribution in [3.05, 3.63) is 62.3 Å². The molecule has 2 aromatic rings. The number of nitrogens with zero attached hydrogens (tertiary/aromatic N) is 5. The summed E-state index contributed by atoms with van der Waals surface area (Å²) < 4.78 is 166. The predicted molar refractivity (Wildman–Crippen MR) is 106 cm³/mol. The molecular formula is C21H3F12N5S. The highest BCUT2D eigenvalue weighted by atomic mass is 32.5. The summed E-state index contributed by atoms with van der Waals surface area (Å²) >= 11 is 0. The second kappa shape index (κ2) is 8.59. The number of halogens is 12. The van der Waals surface area contributed by atoms with Crippen LogP contribution in [0.1, 0.15) is 27.8 Å². The van der Waals surface area contributed by atoms with E-state index in [1.165, 1.54) is 0 Å². The number of benzene rings is 2. The number of nitriles is 5. The minimum absolute atomic E-state index is 0.336. The maximum absolute atomic E-state index is 15.1. The summed E-state index contributed by atoms with van der Waals surface area (Å²) in [4.78, 5) is -3.69. The summed E-state index contributed by atoms with van der Waals surface area (Å²) in [5.74, 6) is -3.16. The van der Waals surface area contributed by atoms with Gasteiger partial charge in [0.1, 0.15) is 29.8 Å². The molecule has 202 valence electrons. The lowest BCUT2D eigenvalue weighted by atomic mass is 9.93. The highest BCUT2D eigenvalue weighted by Gasteiger charge is 2.68. The summed E-state index contributed by atoms with van der Waals surface area (Å²) in [6.45, 7) is 0. The van der Waals surface area contributed by atoms with Gasteiger partial charge < -0.3 is 0 Å². The quantitative estimate of drug-likeness (QED) is 0.390. The van der Waals surface area contributed by atoms with Gasteiger partial charge in [0.2, 0.25) is 0 Å². The molecule has 2 aromatic carbocycles. The second-order valence-corrected chi connectivity index (χ2v) is 9.56. The fourth-order valence-corrected chi connectivity index (χ4v) is 4.32. The molecule has 0 heterocycles. The fourth-order valence-electron chi connectivity index (χ4n) is 3.30. The lowest BCUT2D eigenvalue weighted by molar-refractivity contribution is -0.143. The van der Waals surface area contributed by atoms with Crippen molar-refractivity contribution in [1.29, 1.82) is 26.3 Å². The lowest BCUT2D eigenvalue weighted by Crippen LogP contribution is -2.31. The van der Waals surface area contributed by atoms with Crippen molar-refractivity contribution < 1.29 is 50.2 Å². The van der Waals surface area contributed by atoms with Gasteiger partial charge in [-0.3, -0.25) is 0 Å². The number of hydrogen-bond acceptors (Lipinski definition) is 5. The van der Waals surface area contributed by atoms with E-state index in [1.54, 1.807) is 0 Å². The smallest absolute Gasteiger partial charge is 0.205 e. The first-order chi connectivity index (χ1) is 17.5. The largest absolute Gasteiger partial charge is 0.417 e. The monoisotopic (exact) mass is 585 g/mol. The number of rotatable bonds is 2. The van der Waals surface area contributed by atoms with E-state index < -0.39 is 94.8 Å². The standard InChI is InChI=1S/C21H3F12N5S/c22-18-17(11(5-35)6-36)10(4-34)1-12(19(18)39(29,30,31,32)33)13(7-37)9-2-15(20(23,24)25)14(8-38)16(3-9)21(26,27)28/h1-3H/b13-12+. The van der Waals surface area contributed by atoms with Crippen molar-refractivity contribution in [1.82, 2.24) is 0 Å². The molecule has 0 fully saturated rings. The van der Waals surface area contributed by atoms with Crippen LogP contribution >= 0.6 is 10.2 Å². The van der Waals surface area contributed by atoms with E-state index in [4.69, 9.17) is 15.8 Å². The molecule has 0 bridgehead atoms. The summed E-state index contributed by atoms with van der Waals surface area (Å²) in [5, 5.41) is 40.9. The van der Waals surface area contributed by atoms with Crippen LogP contribution in [0.4, 0.5) is 50.2 Å². The van der Waals surface area contributed by atoms with E-state index in [9.17, 15) is 56.3 Å². The molecule has 0 amide bonds. The zero-order valence-corrected chi connectivity index (χ0v) is 18.7. The van der Waals surface area contributed by atoms with Crippen molar-refractivity contribution >= 4 is 21.4 Å². The van der Waals surface area contributed by atoms with Crippen LogP contribution in [0.15, 0.2) is 23.1 Å². The Morgan fingerprint density at radius 1 is 0.692 bits per heavy atom. The van der Waals surface area contributed by atoms with Gasteiger partial charge in [0, 0.05) is 5.22 Å². The average molecular weight is 585 g/mol. The molecule has 0 N–H and O–H groups in total. The van der Waals surface area contributed by atoms with Crippen LogP contribution in [-0.4, -0.2) is 0 Å². The maximum atomic E-state index is 15.1. The molecule has 0 radical (unpaired) electrons. The Hall–Kier alpha value is -4.86. The van der Waals surface area contributed by atoms with Crippen LogP contribution in [0.3, 0.4) is 0 Å². The first-order valence-electron chi connectivity index (χ1n) is 9.15. The number of hydrogen-bond donors (Lipinski definition) is 0. The SMILES string of the molecule is N#CC(C#N)=c1c(C#N)c/c(=C(/C#N)c2cc(C(F)(F)F)c(C#N)c(C(F)(F)F)c2)c(S(F)(F)(F)(F)F)c1F. The first kappa shape index (κ1) is 30.4. The highest BCUT2D eigenvalue weighted by molar-refractivity contribution is 8.45. The summed E-state index contributed by atoms with van der Waals surface area (Å²) in [5.41, 5.74) is -13.9. The van der Waals surface area contributed by atoms with Gasteiger partial charge >= 0.3 is 22.6 Å². The van der Waals surface area contributed by atoms with Crippen molar-refractivity contribution in [3.63, 3.8) is 0 Å². The minimum atomic E-state index is -11.4. The first-order valence-corrected chi connectivity index (χ1v) is 11.1. The van der Waals surface area contributed by atoms with Crippen LogP contribution in [0.5, 0.6) is 0 Å². The third kappa shape index (κ3) is 5.69. The van der Waals surface area contributed by atoms with Gasteiger partial charge in [-0.25, -0.2) is 4.39 Å².